The molecule has 1 amide bonds. The molecule has 3 N–H and O–H groups in total. The Hall–Kier alpha value is -2.15. The minimum atomic E-state index is -0.225. The molecule has 0 saturated heterocycles. The highest BCUT2D eigenvalue weighted by Gasteiger charge is 2.17. The molecule has 0 spiro atoms. The van der Waals surface area contributed by atoms with Crippen molar-refractivity contribution in [3.05, 3.63) is 35.3 Å². The average Bonchev–Trinajstić information content (AvgIpc) is 2.97. The molecule has 0 atom stereocenters. The number of nitrogens with two attached hydrogens (primary N) is 1. The molecule has 7 heteroatoms. The summed E-state index contributed by atoms with van der Waals surface area (Å²) in [5, 5.41) is 6.70. The number of aromatic amines is 1. The second-order valence-electron chi connectivity index (χ2n) is 3.97. The Morgan fingerprint density at radius 1 is 1.56 bits per heavy atom. The van der Waals surface area contributed by atoms with Crippen LogP contribution in [0, 0.1) is 6.92 Å². The smallest absolute Gasteiger partial charge is 0.289 e. The van der Waals surface area contributed by atoms with Crippen LogP contribution < -0.4 is 5.73 Å². The summed E-state index contributed by atoms with van der Waals surface area (Å²) in [5.41, 5.74) is 5.42. The van der Waals surface area contributed by atoms with E-state index < -0.39 is 0 Å². The molecule has 0 fully saturated rings. The number of furan rings is 1. The minimum absolute atomic E-state index is 0.225. The molecule has 0 aliphatic carbocycles. The summed E-state index contributed by atoms with van der Waals surface area (Å²) in [6, 6.07) is 3.31. The fraction of sp³-hybridized carbons (Fsp3) is 0.364. The number of aromatic nitrogens is 3. The van der Waals surface area contributed by atoms with E-state index in [0.717, 1.165) is 0 Å². The van der Waals surface area contributed by atoms with Crippen molar-refractivity contribution in [2.45, 2.75) is 20.0 Å². The fourth-order valence-electron chi connectivity index (χ4n) is 1.53. The average molecular weight is 249 g/mol. The zero-order valence-electron chi connectivity index (χ0n) is 10.3. The third-order valence-corrected chi connectivity index (χ3v) is 2.44. The Bertz CT molecular complexity index is 545. The van der Waals surface area contributed by atoms with E-state index in [1.54, 1.807) is 26.1 Å². The van der Waals surface area contributed by atoms with Crippen LogP contribution >= 0.6 is 0 Å². The predicted octanol–water partition coefficient (Wildman–Crippen LogP) is 0.437. The van der Waals surface area contributed by atoms with Crippen molar-refractivity contribution < 1.29 is 9.21 Å². The second-order valence-corrected chi connectivity index (χ2v) is 3.97. The van der Waals surface area contributed by atoms with E-state index in [9.17, 15) is 4.79 Å². The van der Waals surface area contributed by atoms with Gasteiger partial charge in [-0.25, -0.2) is 4.98 Å². The Morgan fingerprint density at radius 2 is 2.33 bits per heavy atom. The number of aryl methyl sites for hydroxylation is 1. The standard InChI is InChI=1S/C11H15N5O2/c1-7-13-10(15-14-7)6-16(2)11(17)9-4-3-8(5-12)18-9/h3-4H,5-6,12H2,1-2H3,(H,13,14,15). The topological polar surface area (TPSA) is 101 Å². The first kappa shape index (κ1) is 12.3. The van der Waals surface area contributed by atoms with E-state index in [0.29, 0.717) is 24.0 Å². The predicted molar refractivity (Wildman–Crippen MR) is 63.5 cm³/mol. The van der Waals surface area contributed by atoms with E-state index in [1.165, 1.54) is 4.90 Å². The minimum Gasteiger partial charge on any atom is -0.455 e. The van der Waals surface area contributed by atoms with Gasteiger partial charge in [-0.15, -0.1) is 0 Å². The normalized spacial score (nSPS) is 10.6. The Kier molecular flexibility index (Phi) is 3.42. The lowest BCUT2D eigenvalue weighted by Crippen LogP contribution is -2.26. The van der Waals surface area contributed by atoms with Crippen molar-refractivity contribution in [3.8, 4) is 0 Å². The first-order chi connectivity index (χ1) is 8.60. The maximum absolute atomic E-state index is 12.0. The molecule has 0 radical (unpaired) electrons. The molecule has 96 valence electrons. The number of hydrogen-bond donors (Lipinski definition) is 2. The van der Waals surface area contributed by atoms with Crippen molar-refractivity contribution in [2.75, 3.05) is 7.05 Å². The summed E-state index contributed by atoms with van der Waals surface area (Å²) in [7, 11) is 1.67. The molecule has 0 aliphatic heterocycles. The molecule has 2 heterocycles. The van der Waals surface area contributed by atoms with Gasteiger partial charge in [0.15, 0.2) is 11.6 Å². The van der Waals surface area contributed by atoms with E-state index in [4.69, 9.17) is 10.2 Å². The lowest BCUT2D eigenvalue weighted by Gasteiger charge is -2.13. The molecule has 0 bridgehead atoms. The van der Waals surface area contributed by atoms with Gasteiger partial charge in [0.05, 0.1) is 13.1 Å². The Balaban J connectivity index is 2.04. The molecule has 0 aromatic carbocycles. The number of hydrogen-bond acceptors (Lipinski definition) is 5. The molecule has 0 unspecified atom stereocenters. The zero-order valence-corrected chi connectivity index (χ0v) is 10.3. The summed E-state index contributed by atoms with van der Waals surface area (Å²) >= 11 is 0. The van der Waals surface area contributed by atoms with Crippen LogP contribution in [0.3, 0.4) is 0 Å². The van der Waals surface area contributed by atoms with Crippen LogP contribution in [0.5, 0.6) is 0 Å². The van der Waals surface area contributed by atoms with Crippen LogP contribution in [0.4, 0.5) is 0 Å². The molecule has 2 rings (SSSR count). The highest BCUT2D eigenvalue weighted by Crippen LogP contribution is 2.10. The van der Waals surface area contributed by atoms with Gasteiger partial charge >= 0.3 is 0 Å². The summed E-state index contributed by atoms with van der Waals surface area (Å²) in [6.07, 6.45) is 0. The molecular formula is C11H15N5O2. The number of nitrogens with one attached hydrogen (secondary N) is 1. The van der Waals surface area contributed by atoms with Crippen molar-refractivity contribution >= 4 is 5.91 Å². The number of amides is 1. The van der Waals surface area contributed by atoms with Gasteiger partial charge < -0.3 is 15.1 Å². The number of rotatable bonds is 4. The van der Waals surface area contributed by atoms with Crippen LogP contribution in [0.15, 0.2) is 16.5 Å². The molecule has 7 nitrogen and oxygen atoms in total. The maximum Gasteiger partial charge on any atom is 0.289 e. The van der Waals surface area contributed by atoms with Crippen LogP contribution in [0.2, 0.25) is 0 Å². The monoisotopic (exact) mass is 249 g/mol. The van der Waals surface area contributed by atoms with Gasteiger partial charge in [0.2, 0.25) is 0 Å². The van der Waals surface area contributed by atoms with Gasteiger partial charge in [0, 0.05) is 7.05 Å². The molecule has 0 aliphatic rings. The van der Waals surface area contributed by atoms with Crippen molar-refractivity contribution in [1.29, 1.82) is 0 Å². The largest absolute Gasteiger partial charge is 0.455 e. The first-order valence-electron chi connectivity index (χ1n) is 5.52. The molecule has 0 saturated carbocycles. The summed E-state index contributed by atoms with van der Waals surface area (Å²) in [5.74, 6) is 1.91. The third kappa shape index (κ3) is 2.57. The molecule has 2 aromatic rings. The highest BCUT2D eigenvalue weighted by atomic mass is 16.4. The van der Waals surface area contributed by atoms with Crippen LogP contribution in [-0.4, -0.2) is 33.0 Å². The van der Waals surface area contributed by atoms with Crippen molar-refractivity contribution in [2.24, 2.45) is 5.73 Å². The number of carbonyl (C=O) groups is 1. The maximum atomic E-state index is 12.0. The highest BCUT2D eigenvalue weighted by molar-refractivity contribution is 5.91. The van der Waals surface area contributed by atoms with Gasteiger partial charge in [-0.2, -0.15) is 5.10 Å². The first-order valence-corrected chi connectivity index (χ1v) is 5.52. The number of carbonyl (C=O) groups excluding carboxylic acids is 1. The third-order valence-electron chi connectivity index (χ3n) is 2.44. The van der Waals surface area contributed by atoms with Crippen molar-refractivity contribution in [1.82, 2.24) is 20.1 Å². The SMILES string of the molecule is Cc1nc(CN(C)C(=O)c2ccc(CN)o2)n[nH]1. The fourth-order valence-corrected chi connectivity index (χ4v) is 1.53. The lowest BCUT2D eigenvalue weighted by atomic mass is 10.3. The Labute approximate surface area is 104 Å². The van der Waals surface area contributed by atoms with E-state index in [-0.39, 0.29) is 18.2 Å². The van der Waals surface area contributed by atoms with Gasteiger partial charge in [0.1, 0.15) is 11.6 Å². The lowest BCUT2D eigenvalue weighted by molar-refractivity contribution is 0.0748. The Morgan fingerprint density at radius 3 is 2.89 bits per heavy atom. The molecular weight excluding hydrogens is 234 g/mol. The van der Waals surface area contributed by atoms with Gasteiger partial charge in [-0.1, -0.05) is 0 Å². The van der Waals surface area contributed by atoms with Crippen molar-refractivity contribution in [3.63, 3.8) is 0 Å². The number of nitrogens with zero attached hydrogens (tertiary/aromatic N) is 3. The van der Waals surface area contributed by atoms with Crippen LogP contribution in [-0.2, 0) is 13.1 Å². The van der Waals surface area contributed by atoms with E-state index >= 15 is 0 Å². The molecule has 18 heavy (non-hydrogen) atoms. The van der Waals surface area contributed by atoms with E-state index in [1.807, 2.05) is 0 Å². The summed E-state index contributed by atoms with van der Waals surface area (Å²) in [4.78, 5) is 17.6. The van der Waals surface area contributed by atoms with Crippen LogP contribution in [0.1, 0.15) is 28.0 Å². The van der Waals surface area contributed by atoms with Crippen LogP contribution in [0.25, 0.3) is 0 Å². The van der Waals surface area contributed by atoms with Gasteiger partial charge in [0.25, 0.3) is 5.91 Å². The number of H-pyrrole nitrogens is 1. The molecule has 2 aromatic heterocycles. The van der Waals surface area contributed by atoms with E-state index in [2.05, 4.69) is 15.2 Å². The zero-order chi connectivity index (χ0) is 13.1. The quantitative estimate of drug-likeness (QED) is 0.818. The summed E-state index contributed by atoms with van der Waals surface area (Å²) < 4.78 is 5.29. The summed E-state index contributed by atoms with van der Waals surface area (Å²) in [6.45, 7) is 2.40. The van der Waals surface area contributed by atoms with Gasteiger partial charge in [-0.3, -0.25) is 9.89 Å². The second kappa shape index (κ2) is 5.01. The van der Waals surface area contributed by atoms with Gasteiger partial charge in [-0.05, 0) is 19.1 Å².